The summed E-state index contributed by atoms with van der Waals surface area (Å²) in [6.07, 6.45) is 1.40. The van der Waals surface area contributed by atoms with Crippen molar-refractivity contribution in [2.75, 3.05) is 5.32 Å². The number of aromatic nitrogens is 2. The third kappa shape index (κ3) is 2.17. The minimum Gasteiger partial charge on any atom is -0.368 e. The normalized spacial score (nSPS) is 11.4. The molecule has 0 bridgehead atoms. The van der Waals surface area contributed by atoms with Crippen molar-refractivity contribution in [2.24, 2.45) is 5.73 Å². The number of nitrogens with one attached hydrogen (secondary N) is 1. The summed E-state index contributed by atoms with van der Waals surface area (Å²) in [7, 11) is 0. The number of amides is 1. The molecule has 6 heteroatoms. The maximum Gasteiger partial charge on any atom is 0.239 e. The summed E-state index contributed by atoms with van der Waals surface area (Å²) < 4.78 is 0. The zero-order valence-corrected chi connectivity index (χ0v) is 7.56. The Morgan fingerprint density at radius 1 is 1.79 bits per heavy atom. The molecule has 1 amide bonds. The van der Waals surface area contributed by atoms with E-state index in [1.165, 1.54) is 12.3 Å². The molecular formula is C8H9N5O. The van der Waals surface area contributed by atoms with Gasteiger partial charge in [0, 0.05) is 0 Å². The van der Waals surface area contributed by atoms with Gasteiger partial charge in [-0.2, -0.15) is 10.4 Å². The molecule has 3 N–H and O–H groups in total. The van der Waals surface area contributed by atoms with Gasteiger partial charge >= 0.3 is 0 Å². The van der Waals surface area contributed by atoms with Gasteiger partial charge in [0.1, 0.15) is 12.1 Å². The first-order valence-electron chi connectivity index (χ1n) is 3.92. The van der Waals surface area contributed by atoms with Gasteiger partial charge < -0.3 is 11.1 Å². The minimum atomic E-state index is -0.584. The highest BCUT2D eigenvalue weighted by atomic mass is 16.1. The van der Waals surface area contributed by atoms with Crippen LogP contribution in [0, 0.1) is 11.3 Å². The highest BCUT2D eigenvalue weighted by Gasteiger charge is 2.11. The standard InChI is InChI=1S/C8H9N5O/c1-5(7(10)14)12-8-6(4-9)2-3-11-13-8/h2-3,5H,1H3,(H2,10,14)(H,12,13). The van der Waals surface area contributed by atoms with Crippen LogP contribution < -0.4 is 11.1 Å². The van der Waals surface area contributed by atoms with Crippen LogP contribution >= 0.6 is 0 Å². The van der Waals surface area contributed by atoms with Crippen LogP contribution in [0.3, 0.4) is 0 Å². The first-order valence-corrected chi connectivity index (χ1v) is 3.92. The van der Waals surface area contributed by atoms with Crippen LogP contribution in [0.15, 0.2) is 12.3 Å². The van der Waals surface area contributed by atoms with Gasteiger partial charge in [-0.3, -0.25) is 4.79 Å². The molecule has 0 aliphatic heterocycles. The Bertz CT molecular complexity index is 384. The number of primary amides is 1. The molecule has 1 heterocycles. The second-order valence-corrected chi connectivity index (χ2v) is 2.67. The predicted octanol–water partition coefficient (Wildman–Crippen LogP) is -0.366. The van der Waals surface area contributed by atoms with Gasteiger partial charge in [0.05, 0.1) is 11.8 Å². The van der Waals surface area contributed by atoms with Gasteiger partial charge in [0.15, 0.2) is 5.82 Å². The minimum absolute atomic E-state index is 0.265. The van der Waals surface area contributed by atoms with E-state index in [-0.39, 0.29) is 5.82 Å². The molecule has 1 atom stereocenters. The van der Waals surface area contributed by atoms with Gasteiger partial charge in [-0.25, -0.2) is 0 Å². The zero-order chi connectivity index (χ0) is 10.6. The van der Waals surface area contributed by atoms with Crippen LogP contribution in [0.1, 0.15) is 12.5 Å². The summed E-state index contributed by atoms with van der Waals surface area (Å²) in [5.74, 6) is -0.249. The number of carbonyl (C=O) groups excluding carboxylic acids is 1. The Balaban J connectivity index is 2.87. The Morgan fingerprint density at radius 3 is 3.07 bits per heavy atom. The molecule has 1 rings (SSSR count). The highest BCUT2D eigenvalue weighted by molar-refractivity contribution is 5.82. The number of hydrogen-bond acceptors (Lipinski definition) is 5. The van der Waals surface area contributed by atoms with Gasteiger partial charge in [-0.15, -0.1) is 5.10 Å². The quantitative estimate of drug-likeness (QED) is 0.678. The molecule has 1 unspecified atom stereocenters. The van der Waals surface area contributed by atoms with E-state index in [1.54, 1.807) is 6.92 Å². The molecule has 0 saturated carbocycles. The highest BCUT2D eigenvalue weighted by Crippen LogP contribution is 2.09. The molecule has 0 aliphatic carbocycles. The van der Waals surface area contributed by atoms with Crippen molar-refractivity contribution in [3.8, 4) is 6.07 Å². The average molecular weight is 191 g/mol. The number of hydrogen-bond donors (Lipinski definition) is 2. The molecule has 72 valence electrons. The van der Waals surface area contributed by atoms with E-state index in [0.717, 1.165) is 0 Å². The van der Waals surface area contributed by atoms with Crippen molar-refractivity contribution in [1.82, 2.24) is 10.2 Å². The van der Waals surface area contributed by atoms with Crippen molar-refractivity contribution in [1.29, 1.82) is 5.26 Å². The van der Waals surface area contributed by atoms with Crippen LogP contribution in [0.5, 0.6) is 0 Å². The fourth-order valence-corrected chi connectivity index (χ4v) is 0.805. The molecule has 0 aromatic carbocycles. The SMILES string of the molecule is CC(Nc1nnccc1C#N)C(N)=O. The first-order chi connectivity index (χ1) is 6.65. The first kappa shape index (κ1) is 9.92. The zero-order valence-electron chi connectivity index (χ0n) is 7.56. The smallest absolute Gasteiger partial charge is 0.239 e. The molecular weight excluding hydrogens is 182 g/mol. The summed E-state index contributed by atoms with van der Waals surface area (Å²) in [4.78, 5) is 10.7. The van der Waals surface area contributed by atoms with Crippen LogP contribution in [0.4, 0.5) is 5.82 Å². The van der Waals surface area contributed by atoms with Gasteiger partial charge in [0.25, 0.3) is 0 Å². The van der Waals surface area contributed by atoms with Crippen LogP contribution in [-0.4, -0.2) is 22.1 Å². The van der Waals surface area contributed by atoms with Gasteiger partial charge in [-0.1, -0.05) is 0 Å². The molecule has 6 nitrogen and oxygen atoms in total. The second-order valence-electron chi connectivity index (χ2n) is 2.67. The lowest BCUT2D eigenvalue weighted by Gasteiger charge is -2.10. The van der Waals surface area contributed by atoms with E-state index in [0.29, 0.717) is 5.56 Å². The summed E-state index contributed by atoms with van der Waals surface area (Å²) in [5, 5.41) is 18.7. The van der Waals surface area contributed by atoms with Crippen molar-refractivity contribution in [3.05, 3.63) is 17.8 Å². The fourth-order valence-electron chi connectivity index (χ4n) is 0.805. The van der Waals surface area contributed by atoms with Gasteiger partial charge in [0.2, 0.25) is 5.91 Å². The van der Waals surface area contributed by atoms with Crippen LogP contribution in [-0.2, 0) is 4.79 Å². The summed E-state index contributed by atoms with van der Waals surface area (Å²) in [5.41, 5.74) is 5.37. The Hall–Kier alpha value is -2.16. The number of anilines is 1. The van der Waals surface area contributed by atoms with Crippen molar-refractivity contribution >= 4 is 11.7 Å². The molecule has 0 spiro atoms. The maximum atomic E-state index is 10.7. The van der Waals surface area contributed by atoms with E-state index in [1.807, 2.05) is 6.07 Å². The van der Waals surface area contributed by atoms with Crippen molar-refractivity contribution in [2.45, 2.75) is 13.0 Å². The van der Waals surface area contributed by atoms with E-state index in [9.17, 15) is 4.79 Å². The maximum absolute atomic E-state index is 10.7. The van der Waals surface area contributed by atoms with Crippen molar-refractivity contribution in [3.63, 3.8) is 0 Å². The topological polar surface area (TPSA) is 105 Å². The van der Waals surface area contributed by atoms with Crippen LogP contribution in [0.2, 0.25) is 0 Å². The summed E-state index contributed by atoms with van der Waals surface area (Å²) in [6.45, 7) is 1.58. The lowest BCUT2D eigenvalue weighted by Crippen LogP contribution is -2.33. The summed E-state index contributed by atoms with van der Waals surface area (Å²) in [6, 6.07) is 2.84. The molecule has 1 aromatic rings. The Kier molecular flexibility index (Phi) is 2.97. The number of nitrogens with zero attached hydrogens (tertiary/aromatic N) is 3. The molecule has 14 heavy (non-hydrogen) atoms. The molecule has 1 aromatic heterocycles. The third-order valence-electron chi connectivity index (χ3n) is 1.62. The van der Waals surface area contributed by atoms with E-state index < -0.39 is 11.9 Å². The van der Waals surface area contributed by atoms with E-state index in [2.05, 4.69) is 15.5 Å². The second kappa shape index (κ2) is 4.18. The fraction of sp³-hybridized carbons (Fsp3) is 0.250. The average Bonchev–Trinajstić information content (AvgIpc) is 2.18. The molecule has 0 aliphatic rings. The number of nitriles is 1. The van der Waals surface area contributed by atoms with E-state index in [4.69, 9.17) is 11.0 Å². The number of nitrogens with two attached hydrogens (primary N) is 1. The molecule has 0 saturated heterocycles. The Labute approximate surface area is 80.7 Å². The summed E-state index contributed by atoms with van der Waals surface area (Å²) >= 11 is 0. The van der Waals surface area contributed by atoms with Crippen molar-refractivity contribution < 1.29 is 4.79 Å². The largest absolute Gasteiger partial charge is 0.368 e. The van der Waals surface area contributed by atoms with Crippen LogP contribution in [0.25, 0.3) is 0 Å². The predicted molar refractivity (Wildman–Crippen MR) is 49.0 cm³/mol. The monoisotopic (exact) mass is 191 g/mol. The number of rotatable bonds is 3. The Morgan fingerprint density at radius 2 is 2.50 bits per heavy atom. The van der Waals surface area contributed by atoms with E-state index >= 15 is 0 Å². The lowest BCUT2D eigenvalue weighted by molar-refractivity contribution is -0.118. The molecule has 0 fully saturated rings. The third-order valence-corrected chi connectivity index (χ3v) is 1.62. The number of carbonyl (C=O) groups is 1. The lowest BCUT2D eigenvalue weighted by atomic mass is 10.2. The molecule has 0 radical (unpaired) electrons. The van der Waals surface area contributed by atoms with Gasteiger partial charge in [-0.05, 0) is 13.0 Å².